The fraction of sp³-hybridized carbons (Fsp3) is 0. The second-order valence-corrected chi connectivity index (χ2v) is 6.86. The summed E-state index contributed by atoms with van der Waals surface area (Å²) >= 11 is 3.51. The maximum absolute atomic E-state index is 6.15. The molecule has 2 heteroatoms. The molecule has 0 saturated carbocycles. The quantitative estimate of drug-likeness (QED) is 0.306. The highest BCUT2D eigenvalue weighted by Crippen LogP contribution is 2.48. The van der Waals surface area contributed by atoms with E-state index in [9.17, 15) is 0 Å². The first-order valence-electron chi connectivity index (χ1n) is 7.90. The zero-order valence-electron chi connectivity index (χ0n) is 12.8. The van der Waals surface area contributed by atoms with E-state index in [0.29, 0.717) is 0 Å². The van der Waals surface area contributed by atoms with Gasteiger partial charge in [0.1, 0.15) is 11.5 Å². The molecule has 5 rings (SSSR count). The Morgan fingerprint density at radius 1 is 0.583 bits per heavy atom. The Morgan fingerprint density at radius 2 is 1.33 bits per heavy atom. The minimum absolute atomic E-state index is 0.925. The van der Waals surface area contributed by atoms with E-state index < -0.39 is 0 Å². The van der Waals surface area contributed by atoms with Crippen molar-refractivity contribution < 1.29 is 4.74 Å². The lowest BCUT2D eigenvalue weighted by molar-refractivity contribution is 0.487. The zero-order chi connectivity index (χ0) is 16.1. The molecule has 0 saturated heterocycles. The van der Waals surface area contributed by atoms with Crippen LogP contribution in [0.1, 0.15) is 0 Å². The molecular formula is C22H13BrO. The van der Waals surface area contributed by atoms with Crippen LogP contribution < -0.4 is 4.74 Å². The summed E-state index contributed by atoms with van der Waals surface area (Å²) in [4.78, 5) is 0. The highest BCUT2D eigenvalue weighted by Gasteiger charge is 2.20. The Bertz CT molecular complexity index is 1080. The number of halogens is 1. The Morgan fingerprint density at radius 3 is 2.21 bits per heavy atom. The van der Waals surface area contributed by atoms with E-state index in [0.717, 1.165) is 21.5 Å². The molecule has 24 heavy (non-hydrogen) atoms. The van der Waals surface area contributed by atoms with Crippen LogP contribution in [0.15, 0.2) is 83.3 Å². The number of para-hydroxylation sites is 1. The van der Waals surface area contributed by atoms with Gasteiger partial charge in [-0.2, -0.15) is 0 Å². The predicted molar refractivity (Wildman–Crippen MR) is 103 cm³/mol. The number of benzene rings is 4. The number of hydrogen-bond donors (Lipinski definition) is 0. The van der Waals surface area contributed by atoms with Crippen LogP contribution in [0.25, 0.3) is 33.0 Å². The van der Waals surface area contributed by atoms with Crippen LogP contribution >= 0.6 is 15.9 Å². The molecule has 0 aliphatic carbocycles. The van der Waals surface area contributed by atoms with Crippen molar-refractivity contribution in [2.45, 2.75) is 0 Å². The van der Waals surface area contributed by atoms with Gasteiger partial charge in [0, 0.05) is 15.4 Å². The molecule has 0 fully saturated rings. The first-order valence-corrected chi connectivity index (χ1v) is 8.69. The molecule has 0 N–H and O–H groups in total. The summed E-state index contributed by atoms with van der Waals surface area (Å²) in [6.45, 7) is 0. The normalized spacial score (nSPS) is 11.9. The van der Waals surface area contributed by atoms with E-state index in [1.807, 2.05) is 18.2 Å². The summed E-state index contributed by atoms with van der Waals surface area (Å²) in [5.74, 6) is 1.86. The molecule has 4 aromatic rings. The van der Waals surface area contributed by atoms with Crippen LogP contribution in [0.3, 0.4) is 0 Å². The molecule has 1 aliphatic heterocycles. The lowest BCUT2D eigenvalue weighted by Gasteiger charge is -2.22. The van der Waals surface area contributed by atoms with Crippen LogP contribution in [0.2, 0.25) is 0 Å². The number of hydrogen-bond acceptors (Lipinski definition) is 1. The standard InChI is InChI=1S/C22H13BrO/c23-15-10-8-14(9-11-15)16-12-13-19-17-4-1-2-6-20(17)24-21-7-3-5-18(16)22(19)21/h1-13H. The van der Waals surface area contributed by atoms with Crippen molar-refractivity contribution in [1.82, 2.24) is 0 Å². The number of fused-ring (bicyclic) bond motifs is 2. The average molecular weight is 373 g/mol. The van der Waals surface area contributed by atoms with Gasteiger partial charge in [-0.1, -0.05) is 70.5 Å². The van der Waals surface area contributed by atoms with Gasteiger partial charge in [0.05, 0.1) is 0 Å². The summed E-state index contributed by atoms with van der Waals surface area (Å²) in [7, 11) is 0. The molecule has 0 spiro atoms. The van der Waals surface area contributed by atoms with Gasteiger partial charge in [0.15, 0.2) is 0 Å². The summed E-state index contributed by atoms with van der Waals surface area (Å²) < 4.78 is 7.24. The molecular weight excluding hydrogens is 360 g/mol. The van der Waals surface area contributed by atoms with Crippen molar-refractivity contribution in [2.24, 2.45) is 0 Å². The van der Waals surface area contributed by atoms with E-state index in [2.05, 4.69) is 76.6 Å². The molecule has 0 bridgehead atoms. The third-order valence-electron chi connectivity index (χ3n) is 4.55. The molecule has 0 atom stereocenters. The summed E-state index contributed by atoms with van der Waals surface area (Å²) in [5, 5.41) is 2.42. The van der Waals surface area contributed by atoms with Gasteiger partial charge in [-0.05, 0) is 46.3 Å². The topological polar surface area (TPSA) is 9.23 Å². The van der Waals surface area contributed by atoms with Gasteiger partial charge in [0.25, 0.3) is 0 Å². The smallest absolute Gasteiger partial charge is 0.135 e. The van der Waals surface area contributed by atoms with E-state index in [-0.39, 0.29) is 0 Å². The van der Waals surface area contributed by atoms with Gasteiger partial charge >= 0.3 is 0 Å². The molecule has 0 aromatic heterocycles. The van der Waals surface area contributed by atoms with E-state index in [1.54, 1.807) is 0 Å². The largest absolute Gasteiger partial charge is 0.456 e. The van der Waals surface area contributed by atoms with Crippen LogP contribution in [-0.2, 0) is 0 Å². The maximum Gasteiger partial charge on any atom is 0.135 e. The molecule has 1 nitrogen and oxygen atoms in total. The van der Waals surface area contributed by atoms with Crippen LogP contribution in [0, 0.1) is 0 Å². The zero-order valence-corrected chi connectivity index (χ0v) is 14.4. The van der Waals surface area contributed by atoms with Gasteiger partial charge in [-0.25, -0.2) is 0 Å². The molecule has 114 valence electrons. The van der Waals surface area contributed by atoms with Crippen molar-refractivity contribution in [1.29, 1.82) is 0 Å². The molecule has 0 radical (unpaired) electrons. The second kappa shape index (κ2) is 5.22. The van der Waals surface area contributed by atoms with E-state index in [1.165, 1.54) is 27.5 Å². The monoisotopic (exact) mass is 372 g/mol. The molecule has 1 heterocycles. The SMILES string of the molecule is Brc1ccc(-c2ccc3c4c(cccc24)Oc2ccccc2-3)cc1. The Hall–Kier alpha value is -2.58. The summed E-state index contributed by atoms with van der Waals surface area (Å²) in [6.07, 6.45) is 0. The summed E-state index contributed by atoms with van der Waals surface area (Å²) in [6, 6.07) is 27.4. The van der Waals surface area contributed by atoms with Gasteiger partial charge in [-0.15, -0.1) is 0 Å². The van der Waals surface area contributed by atoms with Crippen LogP contribution in [0.5, 0.6) is 11.5 Å². The first kappa shape index (κ1) is 13.8. The van der Waals surface area contributed by atoms with Gasteiger partial charge in [-0.3, -0.25) is 0 Å². The van der Waals surface area contributed by atoms with Crippen molar-refractivity contribution in [2.75, 3.05) is 0 Å². The van der Waals surface area contributed by atoms with Crippen molar-refractivity contribution in [3.8, 4) is 33.8 Å². The minimum Gasteiger partial charge on any atom is -0.456 e. The van der Waals surface area contributed by atoms with Gasteiger partial charge in [0.2, 0.25) is 0 Å². The minimum atomic E-state index is 0.925. The Balaban J connectivity index is 1.84. The van der Waals surface area contributed by atoms with Crippen molar-refractivity contribution in [3.05, 3.63) is 83.3 Å². The molecule has 0 amide bonds. The third-order valence-corrected chi connectivity index (χ3v) is 5.08. The fourth-order valence-electron chi connectivity index (χ4n) is 3.46. The predicted octanol–water partition coefficient (Wildman–Crippen LogP) is 7.04. The van der Waals surface area contributed by atoms with Crippen LogP contribution in [-0.4, -0.2) is 0 Å². The first-order chi connectivity index (χ1) is 11.8. The number of ether oxygens (including phenoxy) is 1. The average Bonchev–Trinajstić information content (AvgIpc) is 2.63. The van der Waals surface area contributed by atoms with Crippen molar-refractivity contribution >= 4 is 26.7 Å². The fourth-order valence-corrected chi connectivity index (χ4v) is 3.72. The molecule has 0 unspecified atom stereocenters. The van der Waals surface area contributed by atoms with E-state index >= 15 is 0 Å². The molecule has 4 aromatic carbocycles. The Labute approximate surface area is 148 Å². The Kier molecular flexibility index (Phi) is 3.00. The third kappa shape index (κ3) is 2.00. The molecule has 1 aliphatic rings. The second-order valence-electron chi connectivity index (χ2n) is 5.94. The highest BCUT2D eigenvalue weighted by molar-refractivity contribution is 9.10. The van der Waals surface area contributed by atoms with Gasteiger partial charge < -0.3 is 4.74 Å². The van der Waals surface area contributed by atoms with E-state index in [4.69, 9.17) is 4.74 Å². The van der Waals surface area contributed by atoms with Crippen LogP contribution in [0.4, 0.5) is 0 Å². The maximum atomic E-state index is 6.15. The van der Waals surface area contributed by atoms with Crippen molar-refractivity contribution in [3.63, 3.8) is 0 Å². The highest BCUT2D eigenvalue weighted by atomic mass is 79.9. The lowest BCUT2D eigenvalue weighted by Crippen LogP contribution is -1.97. The lowest BCUT2D eigenvalue weighted by atomic mass is 9.90. The summed E-state index contributed by atoms with van der Waals surface area (Å²) in [5.41, 5.74) is 4.83. The number of rotatable bonds is 1.